The summed E-state index contributed by atoms with van der Waals surface area (Å²) in [5, 5.41) is 9.51. The van der Waals surface area contributed by atoms with Gasteiger partial charge in [-0.15, -0.1) is 0 Å². The normalized spacial score (nSPS) is 17.7. The molecule has 0 N–H and O–H groups in total. The summed E-state index contributed by atoms with van der Waals surface area (Å²) in [4.78, 5) is 12.1. The second-order valence-corrected chi connectivity index (χ2v) is 7.46. The lowest BCUT2D eigenvalue weighted by Crippen LogP contribution is -2.24. The lowest BCUT2D eigenvalue weighted by atomic mass is 9.88. The SMILES string of the molecule is CC1CC=C(c2nn3ccccc3c2-c2ccc(=O)n(C(C)C)n2)CC1. The topological polar surface area (TPSA) is 52.2 Å². The van der Waals surface area contributed by atoms with E-state index in [9.17, 15) is 4.79 Å². The van der Waals surface area contributed by atoms with Crippen LogP contribution in [0.1, 0.15) is 51.8 Å². The van der Waals surface area contributed by atoms with Crippen molar-refractivity contribution in [2.24, 2.45) is 5.92 Å². The Kier molecular flexibility index (Phi) is 4.23. The van der Waals surface area contributed by atoms with Gasteiger partial charge < -0.3 is 0 Å². The molecule has 0 amide bonds. The van der Waals surface area contributed by atoms with E-state index in [2.05, 4.69) is 24.2 Å². The maximum absolute atomic E-state index is 12.1. The minimum atomic E-state index is -0.0764. The third kappa shape index (κ3) is 2.87. The van der Waals surface area contributed by atoms with Crippen molar-refractivity contribution in [2.75, 3.05) is 0 Å². The van der Waals surface area contributed by atoms with Crippen molar-refractivity contribution < 1.29 is 0 Å². The van der Waals surface area contributed by atoms with Gasteiger partial charge in [0.1, 0.15) is 0 Å². The van der Waals surface area contributed by atoms with E-state index in [0.29, 0.717) is 0 Å². The zero-order valence-electron chi connectivity index (χ0n) is 15.5. The molecule has 1 unspecified atom stereocenters. The van der Waals surface area contributed by atoms with Crippen molar-refractivity contribution >= 4 is 11.1 Å². The highest BCUT2D eigenvalue weighted by Gasteiger charge is 2.22. The number of pyridine rings is 1. The van der Waals surface area contributed by atoms with E-state index in [-0.39, 0.29) is 11.6 Å². The molecule has 3 aromatic rings. The van der Waals surface area contributed by atoms with E-state index in [1.165, 1.54) is 12.0 Å². The van der Waals surface area contributed by atoms with Crippen LogP contribution in [0.4, 0.5) is 0 Å². The Morgan fingerprint density at radius 3 is 2.73 bits per heavy atom. The number of allylic oxidation sites excluding steroid dienone is 2. The van der Waals surface area contributed by atoms with Crippen LogP contribution >= 0.6 is 0 Å². The Hall–Kier alpha value is -2.69. The molecule has 3 aromatic heterocycles. The highest BCUT2D eigenvalue weighted by atomic mass is 16.1. The van der Waals surface area contributed by atoms with Gasteiger partial charge in [0.2, 0.25) is 0 Å². The number of rotatable bonds is 3. The largest absolute Gasteiger partial charge is 0.268 e. The summed E-state index contributed by atoms with van der Waals surface area (Å²) in [6.45, 7) is 6.23. The van der Waals surface area contributed by atoms with Gasteiger partial charge in [-0.25, -0.2) is 9.20 Å². The number of hydrogen-bond acceptors (Lipinski definition) is 3. The molecule has 0 bridgehead atoms. The molecule has 0 radical (unpaired) electrons. The smallest absolute Gasteiger partial charge is 0.267 e. The molecule has 1 aliphatic rings. The summed E-state index contributed by atoms with van der Waals surface area (Å²) in [5.41, 5.74) is 5.03. The van der Waals surface area contributed by atoms with Crippen LogP contribution in [0.5, 0.6) is 0 Å². The Morgan fingerprint density at radius 2 is 2.00 bits per heavy atom. The molecular weight excluding hydrogens is 324 g/mol. The molecule has 0 aliphatic heterocycles. The molecule has 134 valence electrons. The Labute approximate surface area is 153 Å². The molecule has 1 atom stereocenters. The van der Waals surface area contributed by atoms with Crippen molar-refractivity contribution in [2.45, 2.75) is 46.1 Å². The van der Waals surface area contributed by atoms with Crippen molar-refractivity contribution in [1.82, 2.24) is 19.4 Å². The molecule has 0 fully saturated rings. The van der Waals surface area contributed by atoms with Crippen LogP contribution in [0.25, 0.3) is 22.3 Å². The molecule has 1 aliphatic carbocycles. The first-order chi connectivity index (χ1) is 12.5. The summed E-state index contributed by atoms with van der Waals surface area (Å²) in [5.74, 6) is 0.722. The van der Waals surface area contributed by atoms with E-state index in [4.69, 9.17) is 5.10 Å². The molecule has 3 heterocycles. The van der Waals surface area contributed by atoms with Crippen LogP contribution in [0.3, 0.4) is 0 Å². The van der Waals surface area contributed by atoms with Crippen LogP contribution in [0, 0.1) is 5.92 Å². The van der Waals surface area contributed by atoms with Crippen LogP contribution < -0.4 is 5.56 Å². The predicted octanol–water partition coefficient (Wildman–Crippen LogP) is 4.34. The quantitative estimate of drug-likeness (QED) is 0.707. The number of nitrogens with zero attached hydrogens (tertiary/aromatic N) is 4. The highest BCUT2D eigenvalue weighted by Crippen LogP contribution is 2.36. The van der Waals surface area contributed by atoms with E-state index < -0.39 is 0 Å². The number of aromatic nitrogens is 4. The van der Waals surface area contributed by atoms with Crippen LogP contribution in [0.2, 0.25) is 0 Å². The first-order valence-corrected chi connectivity index (χ1v) is 9.31. The molecular formula is C21H24N4O. The first kappa shape index (κ1) is 16.8. The van der Waals surface area contributed by atoms with E-state index in [1.807, 2.05) is 42.8 Å². The van der Waals surface area contributed by atoms with Gasteiger partial charge in [0, 0.05) is 12.3 Å². The highest BCUT2D eigenvalue weighted by molar-refractivity contribution is 5.88. The van der Waals surface area contributed by atoms with Crippen molar-refractivity contribution in [3.8, 4) is 11.3 Å². The lowest BCUT2D eigenvalue weighted by molar-refractivity contribution is 0.505. The fourth-order valence-corrected chi connectivity index (χ4v) is 3.58. The van der Waals surface area contributed by atoms with Gasteiger partial charge in [0.05, 0.1) is 28.5 Å². The van der Waals surface area contributed by atoms with Gasteiger partial charge in [0.25, 0.3) is 5.56 Å². The van der Waals surface area contributed by atoms with Gasteiger partial charge in [-0.05, 0) is 62.8 Å². The van der Waals surface area contributed by atoms with Crippen molar-refractivity contribution in [1.29, 1.82) is 0 Å². The number of fused-ring (bicyclic) bond motifs is 1. The van der Waals surface area contributed by atoms with Gasteiger partial charge >= 0.3 is 0 Å². The lowest BCUT2D eigenvalue weighted by Gasteiger charge is -2.18. The predicted molar refractivity (Wildman–Crippen MR) is 104 cm³/mol. The van der Waals surface area contributed by atoms with Gasteiger partial charge in [-0.3, -0.25) is 4.79 Å². The van der Waals surface area contributed by atoms with Crippen molar-refractivity contribution in [3.63, 3.8) is 0 Å². The van der Waals surface area contributed by atoms with Crippen LogP contribution in [-0.2, 0) is 0 Å². The minimum absolute atomic E-state index is 0.0162. The Balaban J connectivity index is 1.95. The Bertz CT molecular complexity index is 1040. The third-order valence-corrected chi connectivity index (χ3v) is 5.09. The molecule has 0 saturated carbocycles. The zero-order chi connectivity index (χ0) is 18.3. The van der Waals surface area contributed by atoms with Crippen LogP contribution in [0.15, 0.2) is 47.4 Å². The summed E-state index contributed by atoms with van der Waals surface area (Å²) in [6, 6.07) is 9.50. The molecule has 0 spiro atoms. The van der Waals surface area contributed by atoms with E-state index in [0.717, 1.165) is 41.2 Å². The number of hydrogen-bond donors (Lipinski definition) is 0. The van der Waals surface area contributed by atoms with Crippen molar-refractivity contribution in [3.05, 3.63) is 58.7 Å². The van der Waals surface area contributed by atoms with Crippen LogP contribution in [-0.4, -0.2) is 19.4 Å². The molecule has 5 nitrogen and oxygen atoms in total. The zero-order valence-corrected chi connectivity index (χ0v) is 15.5. The van der Waals surface area contributed by atoms with Gasteiger partial charge in [-0.2, -0.15) is 10.2 Å². The molecule has 5 heteroatoms. The second kappa shape index (κ2) is 6.56. The van der Waals surface area contributed by atoms with Gasteiger partial charge in [-0.1, -0.05) is 19.1 Å². The summed E-state index contributed by atoms with van der Waals surface area (Å²) >= 11 is 0. The standard InChI is InChI=1S/C21H24N4O/c1-14(2)25-19(26)12-11-17(22-25)20-18-6-4-5-13-24(18)23-21(20)16-9-7-15(3)8-10-16/h4-6,9,11-15H,7-8,10H2,1-3H3. The molecule has 26 heavy (non-hydrogen) atoms. The monoisotopic (exact) mass is 348 g/mol. The van der Waals surface area contributed by atoms with Gasteiger partial charge in [0.15, 0.2) is 0 Å². The van der Waals surface area contributed by atoms with E-state index >= 15 is 0 Å². The molecule has 4 rings (SSSR count). The fraction of sp³-hybridized carbons (Fsp3) is 0.381. The maximum Gasteiger partial charge on any atom is 0.267 e. The minimum Gasteiger partial charge on any atom is -0.268 e. The second-order valence-electron chi connectivity index (χ2n) is 7.46. The van der Waals surface area contributed by atoms with E-state index in [1.54, 1.807) is 10.7 Å². The summed E-state index contributed by atoms with van der Waals surface area (Å²) in [7, 11) is 0. The molecule has 0 aromatic carbocycles. The molecule has 0 saturated heterocycles. The summed E-state index contributed by atoms with van der Waals surface area (Å²) < 4.78 is 3.46. The Morgan fingerprint density at radius 1 is 1.15 bits per heavy atom. The third-order valence-electron chi connectivity index (χ3n) is 5.09. The average molecular weight is 348 g/mol. The average Bonchev–Trinajstić information content (AvgIpc) is 3.02. The summed E-state index contributed by atoms with van der Waals surface area (Å²) in [6.07, 6.45) is 7.58. The first-order valence-electron chi connectivity index (χ1n) is 9.31. The maximum atomic E-state index is 12.1. The fourth-order valence-electron chi connectivity index (χ4n) is 3.58.